The Kier molecular flexibility index (Phi) is 6.23. The van der Waals surface area contributed by atoms with Gasteiger partial charge in [-0.15, -0.1) is 0 Å². The number of nitrogens with one attached hydrogen (secondary N) is 2. The minimum absolute atomic E-state index is 0.0287. The largest absolute Gasteiger partial charge is 0.381 e. The molecule has 10 heteroatoms. The molecule has 142 valence electrons. The van der Waals surface area contributed by atoms with Crippen molar-refractivity contribution in [2.45, 2.75) is 25.0 Å². The monoisotopic (exact) mass is 379 g/mol. The van der Waals surface area contributed by atoms with Crippen molar-refractivity contribution in [1.29, 1.82) is 0 Å². The Morgan fingerprint density at radius 2 is 1.89 bits per heavy atom. The molecule has 1 aromatic carbocycles. The van der Waals surface area contributed by atoms with Gasteiger partial charge in [0.05, 0.1) is 6.20 Å². The third kappa shape index (κ3) is 4.87. The molecular weight excluding hydrogens is 364 g/mol. The van der Waals surface area contributed by atoms with Crippen LogP contribution < -0.4 is 10.8 Å². The molecule has 8 nitrogen and oxygen atoms in total. The van der Waals surface area contributed by atoms with Crippen LogP contribution >= 0.6 is 0 Å². The van der Waals surface area contributed by atoms with Crippen LogP contribution in [0.1, 0.15) is 28.6 Å². The summed E-state index contributed by atoms with van der Waals surface area (Å²) < 4.78 is 30.8. The zero-order valence-electron chi connectivity index (χ0n) is 13.9. The second kappa shape index (κ2) is 8.39. The van der Waals surface area contributed by atoms with Gasteiger partial charge in [-0.3, -0.25) is 14.8 Å². The van der Waals surface area contributed by atoms with E-state index in [4.69, 9.17) is 9.73 Å². The first-order valence-corrected chi connectivity index (χ1v) is 7.53. The molecule has 0 aliphatic carbocycles. The molecule has 1 unspecified atom stereocenters. The lowest BCUT2D eigenvalue weighted by molar-refractivity contribution is -0.149. The second-order valence-electron chi connectivity index (χ2n) is 5.61. The Morgan fingerprint density at radius 3 is 2.41 bits per heavy atom. The molecular formula is C17H15F2N3O5. The number of benzene rings is 1. The summed E-state index contributed by atoms with van der Waals surface area (Å²) in [6, 6.07) is 5.17. The van der Waals surface area contributed by atoms with E-state index >= 15 is 0 Å². The van der Waals surface area contributed by atoms with Crippen molar-refractivity contribution in [2.24, 2.45) is 0 Å². The molecule has 0 fully saturated rings. The number of aliphatic hydroxyl groups is 1. The summed E-state index contributed by atoms with van der Waals surface area (Å²) in [6.45, 7) is 0.667. The predicted molar refractivity (Wildman–Crippen MR) is 86.7 cm³/mol. The third-order valence-corrected chi connectivity index (χ3v) is 3.59. The molecule has 0 aliphatic heterocycles. The van der Waals surface area contributed by atoms with Crippen LogP contribution in [0.25, 0.3) is 0 Å². The number of nitrogens with zero attached hydrogens (tertiary/aromatic N) is 1. The number of rotatable bonds is 5. The molecule has 0 saturated carbocycles. The number of aromatic nitrogens is 1. The molecule has 2 rings (SSSR count). The van der Waals surface area contributed by atoms with Crippen molar-refractivity contribution in [1.82, 2.24) is 16.0 Å². The van der Waals surface area contributed by atoms with Crippen molar-refractivity contribution >= 4 is 11.8 Å². The van der Waals surface area contributed by atoms with Gasteiger partial charge in [-0.25, -0.2) is 14.3 Å². The number of hydroxylamine groups is 1. The van der Waals surface area contributed by atoms with Gasteiger partial charge in [-0.1, -0.05) is 11.1 Å². The van der Waals surface area contributed by atoms with E-state index < -0.39 is 29.9 Å². The highest BCUT2D eigenvalue weighted by atomic mass is 19.3. The Morgan fingerprint density at radius 1 is 1.22 bits per heavy atom. The van der Waals surface area contributed by atoms with Crippen LogP contribution in [0.5, 0.6) is 0 Å². The van der Waals surface area contributed by atoms with Crippen LogP contribution in [0.4, 0.5) is 8.78 Å². The van der Waals surface area contributed by atoms with Crippen LogP contribution in [0.3, 0.4) is 0 Å². The van der Waals surface area contributed by atoms with Crippen molar-refractivity contribution < 1.29 is 33.2 Å². The van der Waals surface area contributed by atoms with Crippen molar-refractivity contribution in [3.8, 4) is 11.8 Å². The number of alkyl halides is 2. The first kappa shape index (κ1) is 20.0. The van der Waals surface area contributed by atoms with Crippen molar-refractivity contribution in [2.75, 3.05) is 0 Å². The standard InChI is InChI=1S/C17H15F2N3O5/c1-17(25,16(18)19)13(15(24)22-26)21-14(23)11-5-2-10(3-6-11)4-7-12-8-9-20-27-12/h2-3,5-6,8-9,13,16,25-26H,1H3,(H,21,23)(H,22,24)/t13-,17?/m1/s1. The highest BCUT2D eigenvalue weighted by Crippen LogP contribution is 2.20. The zero-order chi connectivity index (χ0) is 20.0. The summed E-state index contributed by atoms with van der Waals surface area (Å²) in [7, 11) is 0. The van der Waals surface area contributed by atoms with Gasteiger partial charge in [-0.2, -0.15) is 0 Å². The maximum atomic E-state index is 13.0. The normalized spacial score (nSPS) is 13.9. The van der Waals surface area contributed by atoms with Crippen LogP contribution in [0.15, 0.2) is 41.1 Å². The fourth-order valence-electron chi connectivity index (χ4n) is 2.00. The Labute approximate surface area is 152 Å². The molecule has 27 heavy (non-hydrogen) atoms. The van der Waals surface area contributed by atoms with E-state index in [2.05, 4.69) is 17.0 Å². The van der Waals surface area contributed by atoms with E-state index in [1.54, 1.807) is 6.07 Å². The smallest absolute Gasteiger partial charge is 0.269 e. The molecule has 0 bridgehead atoms. The molecule has 0 aliphatic rings. The number of hydrogen-bond donors (Lipinski definition) is 4. The van der Waals surface area contributed by atoms with Gasteiger partial charge in [0.1, 0.15) is 6.04 Å². The van der Waals surface area contributed by atoms with Gasteiger partial charge in [0.2, 0.25) is 5.76 Å². The van der Waals surface area contributed by atoms with E-state index in [1.807, 2.05) is 5.32 Å². The maximum Gasteiger partial charge on any atom is 0.269 e. The highest BCUT2D eigenvalue weighted by molar-refractivity contribution is 5.97. The summed E-state index contributed by atoms with van der Waals surface area (Å²) in [5, 5.41) is 23.9. The molecule has 1 heterocycles. The molecule has 0 radical (unpaired) electrons. The molecule has 4 N–H and O–H groups in total. The Bertz CT molecular complexity index is 855. The summed E-state index contributed by atoms with van der Waals surface area (Å²) in [5.41, 5.74) is -1.19. The Hall–Kier alpha value is -3.29. The quantitative estimate of drug-likeness (QED) is 0.344. The van der Waals surface area contributed by atoms with Crippen LogP contribution in [-0.4, -0.2) is 45.4 Å². The van der Waals surface area contributed by atoms with Gasteiger partial charge >= 0.3 is 0 Å². The molecule has 1 aromatic heterocycles. The third-order valence-electron chi connectivity index (χ3n) is 3.59. The number of amides is 2. The second-order valence-corrected chi connectivity index (χ2v) is 5.61. The average molecular weight is 379 g/mol. The fourth-order valence-corrected chi connectivity index (χ4v) is 2.00. The average Bonchev–Trinajstić information content (AvgIpc) is 3.17. The van der Waals surface area contributed by atoms with E-state index in [0.717, 1.165) is 5.48 Å². The van der Waals surface area contributed by atoms with Gasteiger partial charge in [-0.05, 0) is 37.1 Å². The van der Waals surface area contributed by atoms with Crippen LogP contribution in [-0.2, 0) is 4.79 Å². The fraction of sp³-hybridized carbons (Fsp3) is 0.235. The zero-order valence-corrected chi connectivity index (χ0v) is 13.9. The minimum Gasteiger partial charge on any atom is -0.381 e. The lowest BCUT2D eigenvalue weighted by atomic mass is 9.95. The lowest BCUT2D eigenvalue weighted by Crippen LogP contribution is -2.61. The van der Waals surface area contributed by atoms with Crippen LogP contribution in [0.2, 0.25) is 0 Å². The summed E-state index contributed by atoms with van der Waals surface area (Å²) >= 11 is 0. The first-order chi connectivity index (χ1) is 12.8. The maximum absolute atomic E-state index is 13.0. The van der Waals surface area contributed by atoms with E-state index in [9.17, 15) is 23.5 Å². The summed E-state index contributed by atoms with van der Waals surface area (Å²) in [6.07, 6.45) is -1.92. The minimum atomic E-state index is -3.35. The van der Waals surface area contributed by atoms with Gasteiger partial charge in [0, 0.05) is 17.2 Å². The van der Waals surface area contributed by atoms with E-state index in [-0.39, 0.29) is 5.56 Å². The van der Waals surface area contributed by atoms with E-state index in [1.165, 1.54) is 30.5 Å². The number of carbonyl (C=O) groups is 2. The molecule has 0 spiro atoms. The molecule has 2 atom stereocenters. The van der Waals surface area contributed by atoms with Crippen LogP contribution in [0, 0.1) is 11.8 Å². The lowest BCUT2D eigenvalue weighted by Gasteiger charge is -2.30. The van der Waals surface area contributed by atoms with Crippen molar-refractivity contribution in [3.63, 3.8) is 0 Å². The summed E-state index contributed by atoms with van der Waals surface area (Å²) in [4.78, 5) is 23.8. The van der Waals surface area contributed by atoms with E-state index in [0.29, 0.717) is 18.2 Å². The molecule has 2 amide bonds. The summed E-state index contributed by atoms with van der Waals surface area (Å²) in [5.74, 6) is 3.53. The molecule has 2 aromatic rings. The molecule has 0 saturated heterocycles. The Balaban J connectivity index is 2.15. The predicted octanol–water partition coefficient (Wildman–Crippen LogP) is 0.694. The van der Waals surface area contributed by atoms with Gasteiger partial charge in [0.25, 0.3) is 18.2 Å². The van der Waals surface area contributed by atoms with Crippen molar-refractivity contribution in [3.05, 3.63) is 53.4 Å². The number of hydrogen-bond acceptors (Lipinski definition) is 6. The van der Waals surface area contributed by atoms with Gasteiger partial charge in [0.15, 0.2) is 5.60 Å². The number of carbonyl (C=O) groups excluding carboxylic acids is 2. The number of halogens is 2. The SMILES string of the molecule is CC(O)(C(F)F)[C@H](NC(=O)c1ccc(C#Cc2ccno2)cc1)C(=O)NO. The first-order valence-electron chi connectivity index (χ1n) is 7.53. The van der Waals surface area contributed by atoms with Gasteiger partial charge < -0.3 is 14.9 Å². The topological polar surface area (TPSA) is 125 Å². The highest BCUT2D eigenvalue weighted by Gasteiger charge is 2.46.